The number of ether oxygens (including phenoxy) is 3. The number of methoxy groups -OCH3 is 3. The molecule has 1 aromatic heterocycles. The number of fused-ring (bicyclic) bond motifs is 1. The molecule has 0 saturated heterocycles. The Bertz CT molecular complexity index is 1550. The van der Waals surface area contributed by atoms with Crippen molar-refractivity contribution in [2.45, 2.75) is 0 Å². The highest BCUT2D eigenvalue weighted by Crippen LogP contribution is 2.35. The first kappa shape index (κ1) is 25.6. The Morgan fingerprint density at radius 3 is 2.22 bits per heavy atom. The SMILES string of the molecule is COc1cc(OC)c(NC(=O)CNC(=O)c2cn(-c3ccccc3OC)c(=O)c3ccccc23)cc1Cl. The Hall–Kier alpha value is -4.50. The molecule has 1 heterocycles. The number of benzene rings is 3. The molecule has 0 aliphatic carbocycles. The van der Waals surface area contributed by atoms with Crippen LogP contribution in [0.4, 0.5) is 5.69 Å². The molecule has 0 aliphatic rings. The zero-order valence-corrected chi connectivity index (χ0v) is 21.1. The Balaban J connectivity index is 1.62. The molecule has 0 bridgehead atoms. The fraction of sp³-hybridized carbons (Fsp3) is 0.148. The Morgan fingerprint density at radius 2 is 1.51 bits per heavy atom. The zero-order valence-electron chi connectivity index (χ0n) is 20.3. The number of anilines is 1. The van der Waals surface area contributed by atoms with Crippen LogP contribution >= 0.6 is 11.6 Å². The lowest BCUT2D eigenvalue weighted by Gasteiger charge is -2.15. The number of hydrogen-bond donors (Lipinski definition) is 2. The minimum absolute atomic E-state index is 0.221. The van der Waals surface area contributed by atoms with E-state index in [1.165, 1.54) is 38.2 Å². The van der Waals surface area contributed by atoms with Crippen LogP contribution in [0.15, 0.2) is 71.7 Å². The maximum Gasteiger partial charge on any atom is 0.263 e. The van der Waals surface area contributed by atoms with Gasteiger partial charge in [-0.1, -0.05) is 41.9 Å². The van der Waals surface area contributed by atoms with E-state index in [1.807, 2.05) is 0 Å². The van der Waals surface area contributed by atoms with E-state index < -0.39 is 11.8 Å². The molecule has 0 fully saturated rings. The third-order valence-corrected chi connectivity index (χ3v) is 5.97. The topological polar surface area (TPSA) is 108 Å². The largest absolute Gasteiger partial charge is 0.495 e. The number of aromatic nitrogens is 1. The van der Waals surface area contributed by atoms with Crippen molar-refractivity contribution in [3.05, 3.63) is 87.8 Å². The van der Waals surface area contributed by atoms with Gasteiger partial charge in [0.25, 0.3) is 11.5 Å². The van der Waals surface area contributed by atoms with Gasteiger partial charge in [-0.05, 0) is 24.3 Å². The van der Waals surface area contributed by atoms with Crippen LogP contribution in [-0.2, 0) is 4.79 Å². The molecule has 0 spiro atoms. The van der Waals surface area contributed by atoms with Crippen LogP contribution in [0.3, 0.4) is 0 Å². The Kier molecular flexibility index (Phi) is 7.64. The van der Waals surface area contributed by atoms with E-state index in [9.17, 15) is 14.4 Å². The average Bonchev–Trinajstić information content (AvgIpc) is 2.92. The van der Waals surface area contributed by atoms with E-state index in [1.54, 1.807) is 54.6 Å². The second kappa shape index (κ2) is 11.0. The van der Waals surface area contributed by atoms with Crippen molar-refractivity contribution in [1.82, 2.24) is 9.88 Å². The van der Waals surface area contributed by atoms with Gasteiger partial charge in [0.1, 0.15) is 17.2 Å². The summed E-state index contributed by atoms with van der Waals surface area (Å²) in [6.45, 7) is -0.340. The summed E-state index contributed by atoms with van der Waals surface area (Å²) in [5.41, 5.74) is 0.718. The van der Waals surface area contributed by atoms with Gasteiger partial charge in [0.2, 0.25) is 5.91 Å². The van der Waals surface area contributed by atoms with E-state index in [2.05, 4.69) is 10.6 Å². The van der Waals surface area contributed by atoms with Gasteiger partial charge in [0.05, 0.1) is 49.8 Å². The predicted molar refractivity (Wildman–Crippen MR) is 142 cm³/mol. The molecule has 9 nitrogen and oxygen atoms in total. The maximum atomic E-state index is 13.3. The molecule has 37 heavy (non-hydrogen) atoms. The third kappa shape index (κ3) is 5.22. The van der Waals surface area contributed by atoms with Crippen molar-refractivity contribution in [2.24, 2.45) is 0 Å². The highest BCUT2D eigenvalue weighted by atomic mass is 35.5. The first-order chi connectivity index (χ1) is 17.9. The number of rotatable bonds is 8. The van der Waals surface area contributed by atoms with Gasteiger partial charge < -0.3 is 24.8 Å². The van der Waals surface area contributed by atoms with Crippen LogP contribution in [0, 0.1) is 0 Å². The lowest BCUT2D eigenvalue weighted by atomic mass is 10.1. The lowest BCUT2D eigenvalue weighted by Crippen LogP contribution is -2.34. The number of pyridine rings is 1. The van der Waals surface area contributed by atoms with E-state index in [4.69, 9.17) is 25.8 Å². The summed E-state index contributed by atoms with van der Waals surface area (Å²) >= 11 is 6.17. The van der Waals surface area contributed by atoms with Crippen LogP contribution in [0.2, 0.25) is 5.02 Å². The number of nitrogens with one attached hydrogen (secondary N) is 2. The smallest absolute Gasteiger partial charge is 0.263 e. The van der Waals surface area contributed by atoms with Gasteiger partial charge in [-0.2, -0.15) is 0 Å². The van der Waals surface area contributed by atoms with Gasteiger partial charge >= 0.3 is 0 Å². The van der Waals surface area contributed by atoms with E-state index in [0.717, 1.165) is 0 Å². The fourth-order valence-electron chi connectivity index (χ4n) is 3.89. The third-order valence-electron chi connectivity index (χ3n) is 5.67. The minimum Gasteiger partial charge on any atom is -0.495 e. The van der Waals surface area contributed by atoms with E-state index in [-0.39, 0.29) is 22.7 Å². The van der Waals surface area contributed by atoms with E-state index >= 15 is 0 Å². The summed E-state index contributed by atoms with van der Waals surface area (Å²) in [5, 5.41) is 6.38. The molecule has 0 saturated carbocycles. The van der Waals surface area contributed by atoms with Crippen LogP contribution in [0.5, 0.6) is 17.2 Å². The van der Waals surface area contributed by atoms with Gasteiger partial charge in [-0.3, -0.25) is 19.0 Å². The Labute approximate surface area is 217 Å². The van der Waals surface area contributed by atoms with Crippen molar-refractivity contribution >= 4 is 39.9 Å². The second-order valence-corrected chi connectivity index (χ2v) is 8.26. The van der Waals surface area contributed by atoms with Gasteiger partial charge in [-0.25, -0.2) is 0 Å². The molecule has 4 aromatic rings. The first-order valence-electron chi connectivity index (χ1n) is 11.1. The minimum atomic E-state index is -0.533. The molecule has 0 atom stereocenters. The molecule has 4 rings (SSSR count). The summed E-state index contributed by atoms with van der Waals surface area (Å²) < 4.78 is 17.2. The van der Waals surface area contributed by atoms with E-state index in [0.29, 0.717) is 39.4 Å². The van der Waals surface area contributed by atoms with Crippen molar-refractivity contribution in [1.29, 1.82) is 0 Å². The molecule has 10 heteroatoms. The van der Waals surface area contributed by atoms with Gasteiger partial charge in [-0.15, -0.1) is 0 Å². The highest BCUT2D eigenvalue weighted by Gasteiger charge is 2.18. The predicted octanol–water partition coefficient (Wildman–Crippen LogP) is 4.04. The highest BCUT2D eigenvalue weighted by molar-refractivity contribution is 6.32. The fourth-order valence-corrected chi connectivity index (χ4v) is 4.13. The molecule has 190 valence electrons. The molecule has 0 unspecified atom stereocenters. The standard InChI is InChI=1S/C27H24ClN3O6/c1-35-22-11-7-6-10-21(22)31-15-18(16-8-4-5-9-17(16)27(31)34)26(33)29-14-25(32)30-20-12-19(28)23(36-2)13-24(20)37-3/h4-13,15H,14H2,1-3H3,(H,29,33)(H,30,32). The van der Waals surface area contributed by atoms with Gasteiger partial charge in [0.15, 0.2) is 0 Å². The normalized spacial score (nSPS) is 10.6. The summed E-state index contributed by atoms with van der Waals surface area (Å²) in [5.74, 6) is 0.167. The number of halogens is 1. The number of hydrogen-bond acceptors (Lipinski definition) is 6. The number of amides is 2. The Morgan fingerprint density at radius 1 is 0.865 bits per heavy atom. The quantitative estimate of drug-likeness (QED) is 0.362. The zero-order chi connectivity index (χ0) is 26.5. The maximum absolute atomic E-state index is 13.3. The number of nitrogens with zero attached hydrogens (tertiary/aromatic N) is 1. The molecular formula is C27H24ClN3O6. The summed E-state index contributed by atoms with van der Waals surface area (Å²) in [6.07, 6.45) is 1.45. The first-order valence-corrected chi connectivity index (χ1v) is 11.5. The monoisotopic (exact) mass is 521 g/mol. The van der Waals surface area contributed by atoms with Gasteiger partial charge in [0, 0.05) is 23.0 Å². The number of carbonyl (C=O) groups is 2. The van der Waals surface area contributed by atoms with Crippen LogP contribution in [0.25, 0.3) is 16.5 Å². The van der Waals surface area contributed by atoms with Crippen LogP contribution < -0.4 is 30.4 Å². The molecular weight excluding hydrogens is 498 g/mol. The lowest BCUT2D eigenvalue weighted by molar-refractivity contribution is -0.115. The van der Waals surface area contributed by atoms with Crippen LogP contribution in [-0.4, -0.2) is 44.3 Å². The molecule has 3 aromatic carbocycles. The number of carbonyl (C=O) groups excluding carboxylic acids is 2. The second-order valence-electron chi connectivity index (χ2n) is 7.85. The van der Waals surface area contributed by atoms with Crippen molar-refractivity contribution in [2.75, 3.05) is 33.2 Å². The van der Waals surface area contributed by atoms with Crippen molar-refractivity contribution in [3.63, 3.8) is 0 Å². The number of para-hydroxylation sites is 2. The molecule has 0 aliphatic heterocycles. The summed E-state index contributed by atoms with van der Waals surface area (Å²) in [6, 6.07) is 16.8. The van der Waals surface area contributed by atoms with Crippen molar-refractivity contribution in [3.8, 4) is 22.9 Å². The summed E-state index contributed by atoms with van der Waals surface area (Å²) in [7, 11) is 4.42. The molecule has 0 radical (unpaired) electrons. The molecule has 2 N–H and O–H groups in total. The average molecular weight is 522 g/mol. The van der Waals surface area contributed by atoms with Crippen LogP contribution in [0.1, 0.15) is 10.4 Å². The molecule has 2 amide bonds. The summed E-state index contributed by atoms with van der Waals surface area (Å²) in [4.78, 5) is 39.1. The van der Waals surface area contributed by atoms with Crippen molar-refractivity contribution < 1.29 is 23.8 Å².